The van der Waals surface area contributed by atoms with Gasteiger partial charge in [0, 0.05) is 13.0 Å². The van der Waals surface area contributed by atoms with Gasteiger partial charge in [-0.3, -0.25) is 4.79 Å². The number of esters is 1. The molecule has 60 heavy (non-hydrogen) atoms. The van der Waals surface area contributed by atoms with Gasteiger partial charge >= 0.3 is 5.97 Å². The molecule has 7 N–H and O–H groups in total. The summed E-state index contributed by atoms with van der Waals surface area (Å²) in [6.45, 7) is 3.67. The number of unbranched alkanes of at least 4 members (excludes halogenated alkanes) is 24. The Hall–Kier alpha value is -1.01. The van der Waals surface area contributed by atoms with E-state index in [2.05, 4.69) is 13.8 Å². The fraction of sp³-hybridized carbons (Fsp3) is 0.978. The second kappa shape index (κ2) is 35.4. The number of hydrogen-bond acceptors (Lipinski definition) is 14. The van der Waals surface area contributed by atoms with Gasteiger partial charge in [0.15, 0.2) is 12.6 Å². The van der Waals surface area contributed by atoms with Gasteiger partial charge in [-0.15, -0.1) is 0 Å². The number of hydrogen-bond donors (Lipinski definition) is 7. The van der Waals surface area contributed by atoms with E-state index in [1.54, 1.807) is 0 Å². The first-order valence-electron chi connectivity index (χ1n) is 24.1. The van der Waals surface area contributed by atoms with Crippen LogP contribution >= 0.6 is 0 Å². The molecule has 0 saturated carbocycles. The molecule has 0 aromatic carbocycles. The van der Waals surface area contributed by atoms with E-state index in [-0.39, 0.29) is 25.6 Å². The fourth-order valence-electron chi connectivity index (χ4n) is 7.87. The summed E-state index contributed by atoms with van der Waals surface area (Å²) in [7, 11) is 0. The maximum absolute atomic E-state index is 12.9. The van der Waals surface area contributed by atoms with E-state index in [4.69, 9.17) is 28.4 Å². The fourth-order valence-corrected chi connectivity index (χ4v) is 7.87. The zero-order valence-electron chi connectivity index (χ0n) is 37.5. The highest BCUT2D eigenvalue weighted by Crippen LogP contribution is 2.26. The molecule has 2 aliphatic rings. The lowest BCUT2D eigenvalue weighted by atomic mass is 9.98. The van der Waals surface area contributed by atoms with Gasteiger partial charge in [0.2, 0.25) is 0 Å². The molecule has 2 saturated heterocycles. The van der Waals surface area contributed by atoms with Crippen molar-refractivity contribution in [2.75, 3.05) is 33.0 Å². The number of rotatable bonds is 38. The minimum Gasteiger partial charge on any atom is -0.457 e. The molecule has 11 unspecified atom stereocenters. The number of carbonyl (C=O) groups is 1. The Morgan fingerprint density at radius 1 is 0.483 bits per heavy atom. The predicted octanol–water partition coefficient (Wildman–Crippen LogP) is 6.13. The highest BCUT2D eigenvalue weighted by molar-refractivity contribution is 5.69. The average molecular weight is 865 g/mol. The molecule has 0 bridgehead atoms. The molecule has 0 aromatic heterocycles. The lowest BCUT2D eigenvalue weighted by molar-refractivity contribution is -0.332. The average Bonchev–Trinajstić information content (AvgIpc) is 3.24. The van der Waals surface area contributed by atoms with Gasteiger partial charge < -0.3 is 64.2 Å². The van der Waals surface area contributed by atoms with Crippen LogP contribution in [0.3, 0.4) is 0 Å². The third-order valence-electron chi connectivity index (χ3n) is 11.9. The first-order chi connectivity index (χ1) is 29.1. The minimum atomic E-state index is -1.70. The topological polar surface area (TPSA) is 214 Å². The molecule has 0 aliphatic carbocycles. The Balaban J connectivity index is 1.72. The summed E-state index contributed by atoms with van der Waals surface area (Å²) < 4.78 is 34.1. The first kappa shape index (κ1) is 55.1. The van der Waals surface area contributed by atoms with Crippen molar-refractivity contribution in [2.24, 2.45) is 0 Å². The van der Waals surface area contributed by atoms with E-state index < -0.39 is 80.7 Å². The Bertz CT molecular complexity index is 1010. The minimum absolute atomic E-state index is 0.0679. The first-order valence-corrected chi connectivity index (χ1v) is 24.1. The lowest BCUT2D eigenvalue weighted by Crippen LogP contribution is -2.61. The summed E-state index contributed by atoms with van der Waals surface area (Å²) in [6, 6.07) is 0. The van der Waals surface area contributed by atoms with Crippen LogP contribution in [0.25, 0.3) is 0 Å². The molecule has 11 atom stereocenters. The van der Waals surface area contributed by atoms with Crippen molar-refractivity contribution in [1.29, 1.82) is 0 Å². The lowest BCUT2D eigenvalue weighted by Gasteiger charge is -2.42. The van der Waals surface area contributed by atoms with Crippen LogP contribution in [0.1, 0.15) is 187 Å². The Kier molecular flexibility index (Phi) is 32.5. The molecule has 2 aliphatic heterocycles. The molecular weight excluding hydrogens is 776 g/mol. The van der Waals surface area contributed by atoms with Crippen molar-refractivity contribution in [1.82, 2.24) is 0 Å². The zero-order valence-corrected chi connectivity index (χ0v) is 37.5. The third-order valence-corrected chi connectivity index (χ3v) is 11.9. The Morgan fingerprint density at radius 3 is 1.35 bits per heavy atom. The van der Waals surface area contributed by atoms with Crippen LogP contribution in [0.2, 0.25) is 0 Å². The molecule has 2 heterocycles. The molecule has 0 radical (unpaired) electrons. The van der Waals surface area contributed by atoms with Crippen LogP contribution < -0.4 is 0 Å². The Morgan fingerprint density at radius 2 is 0.883 bits per heavy atom. The van der Waals surface area contributed by atoms with Crippen molar-refractivity contribution < 1.29 is 69.0 Å². The normalized spacial score (nSPS) is 27.6. The second-order valence-electron chi connectivity index (χ2n) is 17.3. The van der Waals surface area contributed by atoms with E-state index in [1.807, 2.05) is 0 Å². The third kappa shape index (κ3) is 23.6. The summed E-state index contributed by atoms with van der Waals surface area (Å²) in [6.07, 6.45) is 16.2. The Labute approximate surface area is 362 Å². The standard InChI is InChI=1S/C46H88O14/c1-3-5-7-9-11-12-13-14-15-16-17-18-19-20-21-22-23-25-27-29-38(48)58-35(32-55-30-28-26-24-10-8-6-4-2)33-56-45-44(54)42(52)40(50)37(60-45)34-57-46-43(53)41(51)39(49)36(31-47)59-46/h35-37,39-47,49-54H,3-34H2,1-2H3. The summed E-state index contributed by atoms with van der Waals surface area (Å²) in [5.41, 5.74) is 0. The van der Waals surface area contributed by atoms with Gasteiger partial charge in [0.1, 0.15) is 54.9 Å². The van der Waals surface area contributed by atoms with Crippen LogP contribution in [0.4, 0.5) is 0 Å². The van der Waals surface area contributed by atoms with E-state index in [9.17, 15) is 40.5 Å². The van der Waals surface area contributed by atoms with Crippen molar-refractivity contribution in [3.63, 3.8) is 0 Å². The van der Waals surface area contributed by atoms with Gasteiger partial charge in [-0.1, -0.05) is 168 Å². The maximum Gasteiger partial charge on any atom is 0.306 e. The number of carbonyl (C=O) groups excluding carboxylic acids is 1. The van der Waals surface area contributed by atoms with Crippen LogP contribution in [0.5, 0.6) is 0 Å². The molecule has 14 nitrogen and oxygen atoms in total. The maximum atomic E-state index is 12.9. The SMILES string of the molecule is CCCCCCCCCCCCCCCCCCCCCC(=O)OC(COCCCCCCCCC)COC1OC(COC2OC(CO)C(O)C(O)C2O)C(O)C(O)C1O. The highest BCUT2D eigenvalue weighted by Gasteiger charge is 2.47. The largest absolute Gasteiger partial charge is 0.457 e. The highest BCUT2D eigenvalue weighted by atomic mass is 16.7. The summed E-state index contributed by atoms with van der Waals surface area (Å²) >= 11 is 0. The molecule has 2 fully saturated rings. The molecule has 0 aromatic rings. The van der Waals surface area contributed by atoms with Crippen LogP contribution in [0.15, 0.2) is 0 Å². The number of aliphatic hydroxyl groups excluding tert-OH is 7. The van der Waals surface area contributed by atoms with E-state index in [0.29, 0.717) is 13.0 Å². The molecule has 0 spiro atoms. The monoisotopic (exact) mass is 865 g/mol. The van der Waals surface area contributed by atoms with Gasteiger partial charge in [-0.2, -0.15) is 0 Å². The predicted molar refractivity (Wildman–Crippen MR) is 229 cm³/mol. The molecular formula is C46H88O14. The summed E-state index contributed by atoms with van der Waals surface area (Å²) in [5, 5.41) is 71.8. The van der Waals surface area contributed by atoms with Crippen molar-refractivity contribution >= 4 is 5.97 Å². The number of ether oxygens (including phenoxy) is 6. The van der Waals surface area contributed by atoms with Gasteiger partial charge in [0.25, 0.3) is 0 Å². The molecule has 356 valence electrons. The van der Waals surface area contributed by atoms with Crippen LogP contribution in [0, 0.1) is 0 Å². The molecule has 0 amide bonds. The van der Waals surface area contributed by atoms with E-state index in [1.165, 1.54) is 122 Å². The number of aliphatic hydroxyl groups is 7. The quantitative estimate of drug-likeness (QED) is 0.0275. The van der Waals surface area contributed by atoms with Crippen molar-refractivity contribution in [2.45, 2.75) is 255 Å². The van der Waals surface area contributed by atoms with Crippen LogP contribution in [-0.2, 0) is 33.2 Å². The van der Waals surface area contributed by atoms with Crippen molar-refractivity contribution in [3.05, 3.63) is 0 Å². The molecule has 2 rings (SSSR count). The van der Waals surface area contributed by atoms with Gasteiger partial charge in [-0.05, 0) is 12.8 Å². The summed E-state index contributed by atoms with van der Waals surface area (Å²) in [5.74, 6) is -0.374. The van der Waals surface area contributed by atoms with Gasteiger partial charge in [-0.25, -0.2) is 0 Å². The van der Waals surface area contributed by atoms with Crippen molar-refractivity contribution in [3.8, 4) is 0 Å². The second-order valence-corrected chi connectivity index (χ2v) is 17.3. The van der Waals surface area contributed by atoms with E-state index in [0.717, 1.165) is 38.5 Å². The van der Waals surface area contributed by atoms with Gasteiger partial charge in [0.05, 0.1) is 26.4 Å². The molecule has 14 heteroatoms. The van der Waals surface area contributed by atoms with Crippen LogP contribution in [-0.4, -0.2) is 142 Å². The smallest absolute Gasteiger partial charge is 0.306 e. The zero-order chi connectivity index (χ0) is 43.8. The summed E-state index contributed by atoms with van der Waals surface area (Å²) in [4.78, 5) is 12.9. The van der Waals surface area contributed by atoms with E-state index >= 15 is 0 Å².